The van der Waals surface area contributed by atoms with Crippen LogP contribution in [0, 0.1) is 0 Å². The summed E-state index contributed by atoms with van der Waals surface area (Å²) in [6, 6.07) is 4.51. The van der Waals surface area contributed by atoms with Gasteiger partial charge in [-0.1, -0.05) is 13.0 Å². The Hall–Kier alpha value is -2.81. The molecule has 2 fully saturated rings. The fourth-order valence-corrected chi connectivity index (χ4v) is 4.22. The first kappa shape index (κ1) is 22.9. The van der Waals surface area contributed by atoms with Crippen LogP contribution in [0.15, 0.2) is 18.2 Å². The van der Waals surface area contributed by atoms with Crippen LogP contribution in [-0.2, 0) is 16.1 Å². The van der Waals surface area contributed by atoms with Gasteiger partial charge in [0, 0.05) is 19.0 Å². The molecule has 170 valence electrons. The first-order valence-electron chi connectivity index (χ1n) is 10.8. The zero-order valence-electron chi connectivity index (χ0n) is 18.5. The monoisotopic (exact) mass is 432 g/mol. The molecule has 4 amide bonds. The molecule has 1 aromatic carbocycles. The number of likely N-dealkylation sites (tertiary alicyclic amines) is 1. The van der Waals surface area contributed by atoms with E-state index in [0.717, 1.165) is 31.5 Å². The fourth-order valence-electron chi connectivity index (χ4n) is 4.22. The topological polar surface area (TPSA) is 100 Å². The van der Waals surface area contributed by atoms with Crippen molar-refractivity contribution in [3.8, 4) is 11.5 Å². The molecule has 2 heterocycles. The number of likely N-dealkylation sites (N-methyl/N-ethyl adjacent to an activating group) is 1. The molecule has 31 heavy (non-hydrogen) atoms. The highest BCUT2D eigenvalue weighted by Crippen LogP contribution is 2.28. The number of carbonyl (C=O) groups is 3. The average molecular weight is 433 g/mol. The number of nitrogens with zero attached hydrogens (tertiary/aromatic N) is 2. The lowest BCUT2D eigenvalue weighted by molar-refractivity contribution is -0.128. The predicted octanol–water partition coefficient (Wildman–Crippen LogP) is 1.50. The molecule has 0 bridgehead atoms. The maximum Gasteiger partial charge on any atom is 0.325 e. The van der Waals surface area contributed by atoms with Gasteiger partial charge in [0.2, 0.25) is 5.91 Å². The molecule has 2 saturated heterocycles. The molecule has 0 spiro atoms. The first-order chi connectivity index (χ1) is 15.0. The SMILES string of the molecule is CCN1CCC[C@H]1CNC(=O)CC[C@H]1NC(=O)N(Cc2ccc(OC)c(OC)c2)C1=O. The van der Waals surface area contributed by atoms with Crippen LogP contribution in [0.25, 0.3) is 0 Å². The standard InChI is InChI=1S/C22H32N4O5/c1-4-25-11-5-6-16(25)13-23-20(27)10-8-17-21(28)26(22(29)24-17)14-15-7-9-18(30-2)19(12-15)31-3/h7,9,12,16-17H,4-6,8,10-11,13-14H2,1-3H3,(H,23,27)(H,24,29)/t16-,17+/m0/s1. The van der Waals surface area contributed by atoms with Crippen molar-refractivity contribution in [3.63, 3.8) is 0 Å². The average Bonchev–Trinajstić information content (AvgIpc) is 3.35. The van der Waals surface area contributed by atoms with Crippen molar-refractivity contribution in [2.45, 2.75) is 51.2 Å². The molecule has 0 radical (unpaired) electrons. The minimum atomic E-state index is -0.683. The zero-order chi connectivity index (χ0) is 22.4. The highest BCUT2D eigenvalue weighted by molar-refractivity contribution is 6.04. The Labute approximate surface area is 183 Å². The first-order valence-corrected chi connectivity index (χ1v) is 10.8. The van der Waals surface area contributed by atoms with Crippen LogP contribution in [0.2, 0.25) is 0 Å². The lowest BCUT2D eigenvalue weighted by Gasteiger charge is -2.22. The predicted molar refractivity (Wildman–Crippen MR) is 115 cm³/mol. The molecule has 1 aromatic rings. The number of carbonyl (C=O) groups excluding carboxylic acids is 3. The van der Waals surface area contributed by atoms with Gasteiger partial charge in [-0.15, -0.1) is 0 Å². The molecule has 0 aromatic heterocycles. The minimum absolute atomic E-state index is 0.0941. The molecule has 2 aliphatic rings. The Kier molecular flexibility index (Phi) is 7.73. The molecule has 2 aliphatic heterocycles. The van der Waals surface area contributed by atoms with Gasteiger partial charge in [0.1, 0.15) is 6.04 Å². The Morgan fingerprint density at radius 1 is 1.23 bits per heavy atom. The lowest BCUT2D eigenvalue weighted by atomic mass is 10.1. The molecule has 2 atom stereocenters. The van der Waals surface area contributed by atoms with E-state index < -0.39 is 12.1 Å². The second kappa shape index (κ2) is 10.5. The Morgan fingerprint density at radius 2 is 2.00 bits per heavy atom. The van der Waals surface area contributed by atoms with Gasteiger partial charge in [-0.3, -0.25) is 19.4 Å². The third kappa shape index (κ3) is 5.46. The van der Waals surface area contributed by atoms with Crippen LogP contribution in [0.3, 0.4) is 0 Å². The summed E-state index contributed by atoms with van der Waals surface area (Å²) in [5.74, 6) is 0.694. The summed E-state index contributed by atoms with van der Waals surface area (Å²) in [6.45, 7) is 4.95. The van der Waals surface area contributed by atoms with E-state index in [-0.39, 0.29) is 31.2 Å². The van der Waals surface area contributed by atoms with Gasteiger partial charge in [0.25, 0.3) is 5.91 Å². The van der Waals surface area contributed by atoms with Crippen LogP contribution in [0.5, 0.6) is 11.5 Å². The van der Waals surface area contributed by atoms with Gasteiger partial charge in [-0.05, 0) is 50.0 Å². The number of ether oxygens (including phenoxy) is 2. The summed E-state index contributed by atoms with van der Waals surface area (Å²) in [6.07, 6.45) is 2.73. The minimum Gasteiger partial charge on any atom is -0.493 e. The quantitative estimate of drug-likeness (QED) is 0.544. The fraction of sp³-hybridized carbons (Fsp3) is 0.591. The van der Waals surface area contributed by atoms with Crippen LogP contribution in [0.4, 0.5) is 4.79 Å². The molecular formula is C22H32N4O5. The second-order valence-corrected chi connectivity index (χ2v) is 7.88. The van der Waals surface area contributed by atoms with Crippen LogP contribution in [-0.4, -0.2) is 73.6 Å². The number of methoxy groups -OCH3 is 2. The number of hydrogen-bond donors (Lipinski definition) is 2. The normalized spacial score (nSPS) is 21.3. The van der Waals surface area contributed by atoms with Gasteiger partial charge >= 0.3 is 6.03 Å². The summed E-state index contributed by atoms with van der Waals surface area (Å²) in [5.41, 5.74) is 0.747. The van der Waals surface area contributed by atoms with Gasteiger partial charge in [0.15, 0.2) is 11.5 Å². The maximum absolute atomic E-state index is 12.7. The Balaban J connectivity index is 1.49. The largest absolute Gasteiger partial charge is 0.493 e. The van der Waals surface area contributed by atoms with E-state index in [1.54, 1.807) is 25.3 Å². The van der Waals surface area contributed by atoms with Gasteiger partial charge < -0.3 is 20.1 Å². The summed E-state index contributed by atoms with van der Waals surface area (Å²) < 4.78 is 10.5. The number of hydrogen-bond acceptors (Lipinski definition) is 6. The number of rotatable bonds is 10. The molecule has 0 aliphatic carbocycles. The van der Waals surface area contributed by atoms with E-state index in [4.69, 9.17) is 9.47 Å². The van der Waals surface area contributed by atoms with Crippen molar-refractivity contribution in [2.75, 3.05) is 33.9 Å². The summed E-state index contributed by atoms with van der Waals surface area (Å²) in [7, 11) is 3.08. The van der Waals surface area contributed by atoms with Crippen molar-refractivity contribution in [2.24, 2.45) is 0 Å². The number of imide groups is 1. The van der Waals surface area contributed by atoms with Crippen molar-refractivity contribution in [1.82, 2.24) is 20.4 Å². The molecular weight excluding hydrogens is 400 g/mol. The van der Waals surface area contributed by atoms with E-state index in [0.29, 0.717) is 24.1 Å². The van der Waals surface area contributed by atoms with Crippen LogP contribution in [0.1, 0.15) is 38.2 Å². The van der Waals surface area contributed by atoms with Gasteiger partial charge in [-0.2, -0.15) is 0 Å². The van der Waals surface area contributed by atoms with Crippen molar-refractivity contribution < 1.29 is 23.9 Å². The highest BCUT2D eigenvalue weighted by Gasteiger charge is 2.38. The Morgan fingerprint density at radius 3 is 2.71 bits per heavy atom. The van der Waals surface area contributed by atoms with Gasteiger partial charge in [0.05, 0.1) is 20.8 Å². The molecule has 9 nitrogen and oxygen atoms in total. The number of benzene rings is 1. The molecule has 2 N–H and O–H groups in total. The Bertz CT molecular complexity index is 815. The number of nitrogens with one attached hydrogen (secondary N) is 2. The van der Waals surface area contributed by atoms with E-state index in [2.05, 4.69) is 22.5 Å². The molecule has 0 saturated carbocycles. The summed E-state index contributed by atoms with van der Waals surface area (Å²) in [4.78, 5) is 40.8. The summed E-state index contributed by atoms with van der Waals surface area (Å²) >= 11 is 0. The van der Waals surface area contributed by atoms with Gasteiger partial charge in [-0.25, -0.2) is 4.79 Å². The van der Waals surface area contributed by atoms with Crippen molar-refractivity contribution >= 4 is 17.8 Å². The van der Waals surface area contributed by atoms with E-state index in [1.165, 1.54) is 12.0 Å². The van der Waals surface area contributed by atoms with Crippen LogP contribution >= 0.6 is 0 Å². The number of amides is 4. The smallest absolute Gasteiger partial charge is 0.325 e. The van der Waals surface area contributed by atoms with E-state index in [9.17, 15) is 14.4 Å². The third-order valence-electron chi connectivity index (χ3n) is 6.00. The number of urea groups is 1. The second-order valence-electron chi connectivity index (χ2n) is 7.88. The van der Waals surface area contributed by atoms with Crippen LogP contribution < -0.4 is 20.1 Å². The molecule has 9 heteroatoms. The molecule has 3 rings (SSSR count). The maximum atomic E-state index is 12.7. The third-order valence-corrected chi connectivity index (χ3v) is 6.00. The van der Waals surface area contributed by atoms with Crippen molar-refractivity contribution in [1.29, 1.82) is 0 Å². The highest BCUT2D eigenvalue weighted by atomic mass is 16.5. The van der Waals surface area contributed by atoms with Crippen molar-refractivity contribution in [3.05, 3.63) is 23.8 Å². The lowest BCUT2D eigenvalue weighted by Crippen LogP contribution is -2.40. The zero-order valence-corrected chi connectivity index (χ0v) is 18.5. The molecule has 0 unspecified atom stereocenters. The van der Waals surface area contributed by atoms with E-state index >= 15 is 0 Å². The van der Waals surface area contributed by atoms with E-state index in [1.807, 2.05) is 0 Å². The summed E-state index contributed by atoms with van der Waals surface area (Å²) in [5, 5.41) is 5.66.